The lowest BCUT2D eigenvalue weighted by Gasteiger charge is -2.40. The van der Waals surface area contributed by atoms with Crippen LogP contribution >= 0.6 is 35.0 Å². The molecule has 1 saturated heterocycles. The third-order valence-corrected chi connectivity index (χ3v) is 6.66. The minimum Gasteiger partial charge on any atom is -0.394 e. The first-order valence-electron chi connectivity index (χ1n) is 9.36. The maximum absolute atomic E-state index is 13.6. The molecule has 1 aliphatic heterocycles. The first-order chi connectivity index (χ1) is 15.7. The van der Waals surface area contributed by atoms with Crippen LogP contribution in [0.15, 0.2) is 45.3 Å². The standard InChI is InChI=1S/C20H18Cl2F3N3O4S/c21-9-1-2-10(22)15(5-9)33-20-19(31)17(18(30)14(7-29)32-20)27-6-13(28-26)8-3-11(23)16(25)12(24)4-8/h1-6,14,17-20,29-31H,7,26H2/t14?,17?,18-,19?,20+/m0/s1. The molecule has 2 aromatic carbocycles. The number of hydrogen-bond acceptors (Lipinski definition) is 8. The van der Waals surface area contributed by atoms with Crippen LogP contribution in [0, 0.1) is 17.5 Å². The van der Waals surface area contributed by atoms with Gasteiger partial charge in [-0.2, -0.15) is 5.10 Å². The minimum absolute atomic E-state index is 0.218. The Balaban J connectivity index is 1.88. The Morgan fingerprint density at radius 2 is 1.79 bits per heavy atom. The summed E-state index contributed by atoms with van der Waals surface area (Å²) in [5, 5.41) is 35.0. The van der Waals surface area contributed by atoms with Crippen molar-refractivity contribution in [2.75, 3.05) is 6.61 Å². The van der Waals surface area contributed by atoms with Crippen molar-refractivity contribution in [1.29, 1.82) is 0 Å². The van der Waals surface area contributed by atoms with E-state index in [1.165, 1.54) is 0 Å². The van der Waals surface area contributed by atoms with Crippen LogP contribution in [0.25, 0.3) is 0 Å². The van der Waals surface area contributed by atoms with Crippen LogP contribution in [0.2, 0.25) is 10.0 Å². The zero-order valence-corrected chi connectivity index (χ0v) is 18.9. The Bertz CT molecular complexity index is 1060. The van der Waals surface area contributed by atoms with E-state index in [9.17, 15) is 28.5 Å². The van der Waals surface area contributed by atoms with Crippen LogP contribution in [0.1, 0.15) is 5.56 Å². The maximum atomic E-state index is 13.6. The van der Waals surface area contributed by atoms with Gasteiger partial charge < -0.3 is 25.9 Å². The van der Waals surface area contributed by atoms with Gasteiger partial charge in [0.05, 0.1) is 11.6 Å². The van der Waals surface area contributed by atoms with Crippen LogP contribution in [-0.2, 0) is 4.74 Å². The first-order valence-corrected chi connectivity index (χ1v) is 11.0. The number of hydrazone groups is 1. The van der Waals surface area contributed by atoms with E-state index in [4.69, 9.17) is 33.8 Å². The Morgan fingerprint density at radius 1 is 1.12 bits per heavy atom. The van der Waals surface area contributed by atoms with Gasteiger partial charge in [0.1, 0.15) is 35.5 Å². The average molecular weight is 524 g/mol. The number of rotatable bonds is 6. The average Bonchev–Trinajstić information content (AvgIpc) is 2.78. The third-order valence-electron chi connectivity index (χ3n) is 4.77. The van der Waals surface area contributed by atoms with E-state index >= 15 is 0 Å². The summed E-state index contributed by atoms with van der Waals surface area (Å²) in [6.07, 6.45) is -3.02. The minimum atomic E-state index is -1.66. The van der Waals surface area contributed by atoms with Gasteiger partial charge in [-0.05, 0) is 30.3 Å². The number of ether oxygens (including phenoxy) is 1. The van der Waals surface area contributed by atoms with Crippen LogP contribution < -0.4 is 5.84 Å². The number of nitrogens with two attached hydrogens (primary N) is 1. The lowest BCUT2D eigenvalue weighted by Crippen LogP contribution is -2.56. The lowest BCUT2D eigenvalue weighted by molar-refractivity contribution is -0.159. The number of thioether (sulfide) groups is 1. The SMILES string of the molecule is NN=C(C=NC1C(O)[C@@H](Sc2cc(Cl)ccc2Cl)OC(CO)[C@@H]1O)c1cc(F)c(F)c(F)c1. The molecule has 2 aromatic rings. The molecule has 0 saturated carbocycles. The number of halogens is 5. The summed E-state index contributed by atoms with van der Waals surface area (Å²) in [6, 6.07) is 4.78. The van der Waals surface area contributed by atoms with Gasteiger partial charge in [-0.3, -0.25) is 4.99 Å². The topological polar surface area (TPSA) is 121 Å². The molecule has 0 amide bonds. The van der Waals surface area contributed by atoms with Crippen molar-refractivity contribution in [2.45, 2.75) is 34.7 Å². The Morgan fingerprint density at radius 3 is 2.39 bits per heavy atom. The Kier molecular flexibility index (Phi) is 8.62. The second-order valence-corrected chi connectivity index (χ2v) is 8.92. The van der Waals surface area contributed by atoms with E-state index in [-0.39, 0.29) is 11.3 Å². The fraction of sp³-hybridized carbons (Fsp3) is 0.300. The highest BCUT2D eigenvalue weighted by atomic mass is 35.5. The summed E-state index contributed by atoms with van der Waals surface area (Å²) >= 11 is 13.2. The Hall–Kier alpha value is -1.86. The van der Waals surface area contributed by atoms with E-state index in [2.05, 4.69) is 10.1 Å². The van der Waals surface area contributed by atoms with Gasteiger partial charge in [0.25, 0.3) is 0 Å². The summed E-state index contributed by atoms with van der Waals surface area (Å²) < 4.78 is 46.0. The van der Waals surface area contributed by atoms with Crippen molar-refractivity contribution in [2.24, 2.45) is 15.9 Å². The van der Waals surface area contributed by atoms with Crippen LogP contribution in [0.3, 0.4) is 0 Å². The highest BCUT2D eigenvalue weighted by Crippen LogP contribution is 2.38. The summed E-state index contributed by atoms with van der Waals surface area (Å²) in [6.45, 7) is -0.591. The van der Waals surface area contributed by atoms with Crippen LogP contribution in [0.4, 0.5) is 13.2 Å². The second kappa shape index (κ2) is 11.0. The highest BCUT2D eigenvalue weighted by molar-refractivity contribution is 8.00. The third kappa shape index (κ3) is 5.80. The van der Waals surface area contributed by atoms with Crippen molar-refractivity contribution in [3.05, 3.63) is 63.4 Å². The van der Waals surface area contributed by atoms with Gasteiger partial charge in [0, 0.05) is 21.7 Å². The number of aliphatic hydroxyl groups excluding tert-OH is 3. The van der Waals surface area contributed by atoms with Crippen LogP contribution in [0.5, 0.6) is 0 Å². The van der Waals surface area contributed by atoms with Crippen molar-refractivity contribution < 1.29 is 33.2 Å². The molecule has 0 spiro atoms. The van der Waals surface area contributed by atoms with Gasteiger partial charge in [-0.1, -0.05) is 35.0 Å². The molecule has 5 atom stereocenters. The molecule has 33 heavy (non-hydrogen) atoms. The number of benzene rings is 2. The van der Waals surface area contributed by atoms with Gasteiger partial charge in [0.15, 0.2) is 17.5 Å². The quantitative estimate of drug-likeness (QED) is 0.200. The molecule has 13 heteroatoms. The van der Waals surface area contributed by atoms with E-state index in [0.29, 0.717) is 27.1 Å². The predicted molar refractivity (Wildman–Crippen MR) is 119 cm³/mol. The normalized spacial score (nSPS) is 26.2. The molecule has 1 heterocycles. The number of aliphatic imine (C=N–C) groups is 1. The van der Waals surface area contributed by atoms with Gasteiger partial charge in [-0.25, -0.2) is 13.2 Å². The fourth-order valence-corrected chi connectivity index (χ4v) is 4.69. The predicted octanol–water partition coefficient (Wildman–Crippen LogP) is 2.74. The van der Waals surface area contributed by atoms with Gasteiger partial charge in [0.2, 0.25) is 0 Å². The Labute approximate surface area is 200 Å². The zero-order chi connectivity index (χ0) is 24.3. The molecule has 0 aliphatic carbocycles. The molecule has 5 N–H and O–H groups in total. The summed E-state index contributed by atoms with van der Waals surface area (Å²) in [5.74, 6) is 0.704. The smallest absolute Gasteiger partial charge is 0.194 e. The fourth-order valence-electron chi connectivity index (χ4n) is 3.08. The number of aliphatic hydroxyl groups is 3. The van der Waals surface area contributed by atoms with Crippen molar-refractivity contribution in [1.82, 2.24) is 0 Å². The molecule has 0 bridgehead atoms. The van der Waals surface area contributed by atoms with E-state index < -0.39 is 53.8 Å². The molecule has 7 nitrogen and oxygen atoms in total. The van der Waals surface area contributed by atoms with Crippen molar-refractivity contribution in [3.8, 4) is 0 Å². The number of hydrogen-bond donors (Lipinski definition) is 4. The number of nitrogens with zero attached hydrogens (tertiary/aromatic N) is 2. The van der Waals surface area contributed by atoms with E-state index in [1.54, 1.807) is 18.2 Å². The zero-order valence-electron chi connectivity index (χ0n) is 16.6. The van der Waals surface area contributed by atoms with Gasteiger partial charge in [-0.15, -0.1) is 0 Å². The molecular weight excluding hydrogens is 506 g/mol. The largest absolute Gasteiger partial charge is 0.394 e. The molecule has 1 fully saturated rings. The molecule has 178 valence electrons. The van der Waals surface area contributed by atoms with Gasteiger partial charge >= 0.3 is 0 Å². The molecule has 1 aliphatic rings. The van der Waals surface area contributed by atoms with Crippen molar-refractivity contribution in [3.63, 3.8) is 0 Å². The molecule has 3 rings (SSSR count). The van der Waals surface area contributed by atoms with Crippen LogP contribution in [-0.4, -0.2) is 63.6 Å². The van der Waals surface area contributed by atoms with E-state index in [0.717, 1.165) is 18.0 Å². The van der Waals surface area contributed by atoms with Crippen molar-refractivity contribution >= 4 is 46.9 Å². The molecule has 3 unspecified atom stereocenters. The summed E-state index contributed by atoms with van der Waals surface area (Å²) in [4.78, 5) is 4.54. The lowest BCUT2D eigenvalue weighted by atomic mass is 9.98. The first kappa shape index (κ1) is 25.8. The monoisotopic (exact) mass is 523 g/mol. The molecular formula is C20H18Cl2F3N3O4S. The summed E-state index contributed by atoms with van der Waals surface area (Å²) in [5.41, 5.74) is -1.49. The maximum Gasteiger partial charge on any atom is 0.194 e. The summed E-state index contributed by atoms with van der Waals surface area (Å²) in [7, 11) is 0. The molecule has 0 aromatic heterocycles. The molecule has 0 radical (unpaired) electrons. The highest BCUT2D eigenvalue weighted by Gasteiger charge is 2.44. The van der Waals surface area contributed by atoms with E-state index in [1.807, 2.05) is 0 Å². The second-order valence-electron chi connectivity index (χ2n) is 6.94.